The van der Waals surface area contributed by atoms with Crippen LogP contribution in [0.15, 0.2) is 48.9 Å². The molecule has 1 unspecified atom stereocenters. The van der Waals surface area contributed by atoms with Crippen molar-refractivity contribution in [1.82, 2.24) is 10.3 Å². The highest BCUT2D eigenvalue weighted by Gasteiger charge is 2.32. The zero-order valence-corrected chi connectivity index (χ0v) is 15.1. The highest BCUT2D eigenvalue weighted by Crippen LogP contribution is 2.24. The van der Waals surface area contributed by atoms with Crippen molar-refractivity contribution >= 4 is 11.4 Å². The Morgan fingerprint density at radius 1 is 1.31 bits per heavy atom. The Balaban J connectivity index is 1.67. The van der Waals surface area contributed by atoms with Gasteiger partial charge in [0.2, 0.25) is 0 Å². The van der Waals surface area contributed by atoms with E-state index in [2.05, 4.69) is 29.1 Å². The Kier molecular flexibility index (Phi) is 4.20. The third-order valence-electron chi connectivity index (χ3n) is 4.85. The molecule has 134 valence electrons. The summed E-state index contributed by atoms with van der Waals surface area (Å²) >= 11 is 0. The molecule has 1 fully saturated rings. The van der Waals surface area contributed by atoms with Crippen LogP contribution in [0, 0.1) is 0 Å². The Labute approximate surface area is 152 Å². The molecule has 4 heterocycles. The Morgan fingerprint density at radius 3 is 2.88 bits per heavy atom. The maximum Gasteiger partial charge on any atom is 0.351 e. The number of carbonyl (C=O) groups is 1. The van der Waals surface area contributed by atoms with Crippen LogP contribution >= 0.6 is 0 Å². The minimum Gasteiger partial charge on any atom is -0.375 e. The first-order chi connectivity index (χ1) is 12.5. The quantitative estimate of drug-likeness (QED) is 0.707. The lowest BCUT2D eigenvalue weighted by molar-refractivity contribution is -0.514. The van der Waals surface area contributed by atoms with Gasteiger partial charge in [-0.3, -0.25) is 4.79 Å². The molecule has 1 atom stereocenters. The number of nitrogens with zero attached hydrogens (tertiary/aromatic N) is 1. The van der Waals surface area contributed by atoms with Crippen LogP contribution in [0.5, 0.6) is 0 Å². The Hall–Kier alpha value is -2.73. The molecule has 0 saturated carbocycles. The molecule has 1 aliphatic heterocycles. The van der Waals surface area contributed by atoms with Crippen molar-refractivity contribution < 1.29 is 18.9 Å². The molecule has 0 aliphatic carbocycles. The van der Waals surface area contributed by atoms with Gasteiger partial charge in [0, 0.05) is 30.3 Å². The van der Waals surface area contributed by atoms with Gasteiger partial charge in [-0.15, -0.1) is 0 Å². The van der Waals surface area contributed by atoms with E-state index in [0.717, 1.165) is 29.6 Å². The number of nitrogens with one attached hydrogen (secondary N) is 3. The van der Waals surface area contributed by atoms with Gasteiger partial charge in [0.15, 0.2) is 23.6 Å². The lowest BCUT2D eigenvalue weighted by atomic mass is 9.94. The van der Waals surface area contributed by atoms with Crippen molar-refractivity contribution in [1.29, 1.82) is 0 Å². The number of ether oxygens (including phenoxy) is 1. The van der Waals surface area contributed by atoms with Gasteiger partial charge >= 0.3 is 11.7 Å². The average Bonchev–Trinajstić information content (AvgIpc) is 3.01. The second kappa shape index (κ2) is 6.53. The van der Waals surface area contributed by atoms with Crippen molar-refractivity contribution in [2.75, 3.05) is 6.61 Å². The topological polar surface area (TPSA) is 72.4 Å². The largest absolute Gasteiger partial charge is 0.375 e. The number of hydrogen-bond acceptors (Lipinski definition) is 2. The molecule has 6 heteroatoms. The number of rotatable bonds is 3. The van der Waals surface area contributed by atoms with Gasteiger partial charge in [-0.2, -0.15) is 4.40 Å². The molecule has 3 aromatic rings. The van der Waals surface area contributed by atoms with Crippen LogP contribution in [0.1, 0.15) is 37.3 Å². The van der Waals surface area contributed by atoms with E-state index < -0.39 is 0 Å². The first-order valence-corrected chi connectivity index (χ1v) is 8.97. The normalized spacial score (nSPS) is 19.4. The second-order valence-corrected chi connectivity index (χ2v) is 7.36. The molecule has 0 radical (unpaired) electrons. The van der Waals surface area contributed by atoms with Crippen molar-refractivity contribution in [3.05, 3.63) is 54.7 Å². The fourth-order valence-electron chi connectivity index (χ4n) is 3.63. The molecule has 4 rings (SSSR count). The van der Waals surface area contributed by atoms with Crippen LogP contribution in [-0.2, 0) is 4.74 Å². The van der Waals surface area contributed by atoms with E-state index in [9.17, 15) is 4.79 Å². The summed E-state index contributed by atoms with van der Waals surface area (Å²) in [4.78, 5) is 19.3. The summed E-state index contributed by atoms with van der Waals surface area (Å²) in [5, 5.41) is 3.17. The van der Waals surface area contributed by atoms with Gasteiger partial charge in [-0.05, 0) is 38.8 Å². The maximum atomic E-state index is 13.0. The number of carbonyl (C=O) groups excluding carboxylic acids is 1. The van der Waals surface area contributed by atoms with Crippen LogP contribution in [-0.4, -0.2) is 29.1 Å². The highest BCUT2D eigenvalue weighted by atomic mass is 16.5. The van der Waals surface area contributed by atoms with Gasteiger partial charge in [-0.25, -0.2) is 9.97 Å². The third-order valence-corrected chi connectivity index (χ3v) is 4.85. The van der Waals surface area contributed by atoms with Crippen molar-refractivity contribution in [3.63, 3.8) is 0 Å². The Bertz CT molecular complexity index is 933. The SMILES string of the molecule is CC1(C)CC(NC(=O)c2[nH]c(-c3cc[nH+]cc3)c3cccc[n+]23)CCO1. The molecular formula is C20H24N4O2+2. The predicted molar refractivity (Wildman–Crippen MR) is 96.5 cm³/mol. The van der Waals surface area contributed by atoms with Gasteiger partial charge in [0.1, 0.15) is 0 Å². The highest BCUT2D eigenvalue weighted by molar-refractivity contribution is 5.91. The molecule has 0 bridgehead atoms. The summed E-state index contributed by atoms with van der Waals surface area (Å²) in [6.45, 7) is 4.80. The van der Waals surface area contributed by atoms with Crippen molar-refractivity contribution in [3.8, 4) is 11.3 Å². The second-order valence-electron chi connectivity index (χ2n) is 7.36. The molecular weight excluding hydrogens is 328 g/mol. The summed E-state index contributed by atoms with van der Waals surface area (Å²) in [5.74, 6) is 0.440. The molecule has 1 amide bonds. The standard InChI is InChI=1S/C20H22N4O2/c1-20(2)13-15(8-12-26-20)22-19(25)18-23-17(14-6-9-21-10-7-14)16-5-3-4-11-24(16)18/h3-7,9-11,15H,8,12-13H2,1-2H3,(H,22,25)/p+2. The number of aromatic amines is 2. The minimum atomic E-state index is -0.202. The molecule has 1 aliphatic rings. The fraction of sp³-hybridized carbons (Fsp3) is 0.350. The van der Waals surface area contributed by atoms with E-state index in [1.807, 2.05) is 53.3 Å². The van der Waals surface area contributed by atoms with Gasteiger partial charge < -0.3 is 10.1 Å². The molecule has 1 saturated heterocycles. The van der Waals surface area contributed by atoms with Crippen molar-refractivity contribution in [2.24, 2.45) is 0 Å². The summed E-state index contributed by atoms with van der Waals surface area (Å²) in [5.41, 5.74) is 2.72. The number of H-pyrrole nitrogens is 2. The smallest absolute Gasteiger partial charge is 0.351 e. The van der Waals surface area contributed by atoms with Crippen molar-refractivity contribution in [2.45, 2.75) is 38.3 Å². The third kappa shape index (κ3) is 3.20. The molecule has 3 aromatic heterocycles. The Morgan fingerprint density at radius 2 is 2.12 bits per heavy atom. The van der Waals surface area contributed by atoms with Gasteiger partial charge in [0.25, 0.3) is 0 Å². The minimum absolute atomic E-state index is 0.0948. The number of amides is 1. The molecule has 3 N–H and O–H groups in total. The molecule has 6 nitrogen and oxygen atoms in total. The monoisotopic (exact) mass is 352 g/mol. The van der Waals surface area contributed by atoms with E-state index in [1.165, 1.54) is 0 Å². The number of imidazole rings is 1. The first-order valence-electron chi connectivity index (χ1n) is 8.97. The summed E-state index contributed by atoms with van der Waals surface area (Å²) < 4.78 is 7.66. The fourth-order valence-corrected chi connectivity index (χ4v) is 3.63. The zero-order chi connectivity index (χ0) is 18.1. The zero-order valence-electron chi connectivity index (χ0n) is 15.1. The van der Waals surface area contributed by atoms with Crippen LogP contribution in [0.25, 0.3) is 16.8 Å². The van der Waals surface area contributed by atoms with E-state index in [4.69, 9.17) is 4.74 Å². The van der Waals surface area contributed by atoms with Crippen LogP contribution in [0.2, 0.25) is 0 Å². The number of aromatic nitrogens is 3. The summed E-state index contributed by atoms with van der Waals surface area (Å²) in [7, 11) is 0. The maximum absolute atomic E-state index is 13.0. The van der Waals surface area contributed by atoms with E-state index in [0.29, 0.717) is 12.4 Å². The molecule has 26 heavy (non-hydrogen) atoms. The number of fused-ring (bicyclic) bond motifs is 1. The lowest BCUT2D eigenvalue weighted by Crippen LogP contribution is -2.47. The summed E-state index contributed by atoms with van der Waals surface area (Å²) in [6, 6.07) is 10.0. The lowest BCUT2D eigenvalue weighted by Gasteiger charge is -2.35. The van der Waals surface area contributed by atoms with Gasteiger partial charge in [-0.1, -0.05) is 6.07 Å². The van der Waals surface area contributed by atoms with Crippen LogP contribution in [0.4, 0.5) is 0 Å². The number of hydrogen-bond donors (Lipinski definition) is 2. The van der Waals surface area contributed by atoms with E-state index >= 15 is 0 Å². The molecule has 0 aromatic carbocycles. The van der Waals surface area contributed by atoms with Gasteiger partial charge in [0.05, 0.1) is 11.8 Å². The average molecular weight is 352 g/mol. The predicted octanol–water partition coefficient (Wildman–Crippen LogP) is 1.92. The molecule has 0 spiro atoms. The van der Waals surface area contributed by atoms with E-state index in [1.54, 1.807) is 0 Å². The number of pyridine rings is 2. The first kappa shape index (κ1) is 16.7. The van der Waals surface area contributed by atoms with Crippen LogP contribution in [0.3, 0.4) is 0 Å². The summed E-state index contributed by atoms with van der Waals surface area (Å²) in [6.07, 6.45) is 7.30. The van der Waals surface area contributed by atoms with E-state index in [-0.39, 0.29) is 17.6 Å². The van der Waals surface area contributed by atoms with Crippen LogP contribution < -0.4 is 14.7 Å².